The quantitative estimate of drug-likeness (QED) is 0.912. The van der Waals surface area contributed by atoms with Gasteiger partial charge in [0, 0.05) is 18.5 Å². The van der Waals surface area contributed by atoms with E-state index >= 15 is 0 Å². The van der Waals surface area contributed by atoms with Crippen molar-refractivity contribution < 1.29 is 18.7 Å². The van der Waals surface area contributed by atoms with Gasteiger partial charge < -0.3 is 19.2 Å². The van der Waals surface area contributed by atoms with Crippen molar-refractivity contribution in [1.82, 2.24) is 10.2 Å². The Morgan fingerprint density at radius 2 is 2.00 bits per heavy atom. The molecule has 1 N–H and O–H groups in total. The average molecular weight is 330 g/mol. The van der Waals surface area contributed by atoms with E-state index in [0.717, 1.165) is 12.2 Å². The third kappa shape index (κ3) is 3.71. The maximum Gasteiger partial charge on any atom is 0.251 e. The molecule has 0 fully saturated rings. The van der Waals surface area contributed by atoms with Gasteiger partial charge >= 0.3 is 0 Å². The predicted molar refractivity (Wildman–Crippen MR) is 89.5 cm³/mol. The number of likely N-dealkylation sites (N-methyl/N-ethyl adjacent to an activating group) is 1. The molecule has 0 aliphatic carbocycles. The molecule has 3 rings (SSSR count). The summed E-state index contributed by atoms with van der Waals surface area (Å²) in [6, 6.07) is 8.99. The van der Waals surface area contributed by atoms with Crippen LogP contribution in [-0.2, 0) is 0 Å². The van der Waals surface area contributed by atoms with Gasteiger partial charge in [0.2, 0.25) is 0 Å². The van der Waals surface area contributed by atoms with Gasteiger partial charge in [-0.15, -0.1) is 0 Å². The Balaban J connectivity index is 1.67. The summed E-state index contributed by atoms with van der Waals surface area (Å²) in [6.07, 6.45) is 2.47. The minimum Gasteiger partial charge on any atom is -0.490 e. The van der Waals surface area contributed by atoms with Gasteiger partial charge in [0.1, 0.15) is 5.76 Å². The van der Waals surface area contributed by atoms with E-state index in [9.17, 15) is 4.79 Å². The van der Waals surface area contributed by atoms with Crippen molar-refractivity contribution in [2.75, 3.05) is 33.9 Å². The molecule has 1 atom stereocenters. The number of ether oxygens (including phenoxy) is 2. The Bertz CT molecular complexity index is 682. The highest BCUT2D eigenvalue weighted by molar-refractivity contribution is 5.94. The lowest BCUT2D eigenvalue weighted by molar-refractivity contribution is 0.0938. The fraction of sp³-hybridized carbons (Fsp3) is 0.389. The maximum atomic E-state index is 12.5. The van der Waals surface area contributed by atoms with E-state index in [4.69, 9.17) is 13.9 Å². The van der Waals surface area contributed by atoms with Crippen molar-refractivity contribution in [3.05, 3.63) is 47.9 Å². The highest BCUT2D eigenvalue weighted by atomic mass is 16.5. The van der Waals surface area contributed by atoms with Crippen molar-refractivity contribution in [1.29, 1.82) is 0 Å². The SMILES string of the molecule is CN(C)C(CNC(=O)c1ccc2c(c1)OCCCO2)c1ccco1. The number of furan rings is 1. The first-order valence-electron chi connectivity index (χ1n) is 8.03. The number of fused-ring (bicyclic) bond motifs is 1. The average Bonchev–Trinajstić information content (AvgIpc) is 2.99. The zero-order valence-corrected chi connectivity index (χ0v) is 14.0. The van der Waals surface area contributed by atoms with Gasteiger partial charge in [-0.2, -0.15) is 0 Å². The Morgan fingerprint density at radius 3 is 2.71 bits per heavy atom. The van der Waals surface area contributed by atoms with Crippen LogP contribution in [0, 0.1) is 0 Å². The monoisotopic (exact) mass is 330 g/mol. The van der Waals surface area contributed by atoms with E-state index in [0.29, 0.717) is 36.8 Å². The number of carbonyl (C=O) groups excluding carboxylic acids is 1. The second-order valence-corrected chi connectivity index (χ2v) is 5.92. The first-order chi connectivity index (χ1) is 11.6. The van der Waals surface area contributed by atoms with Crippen molar-refractivity contribution in [2.45, 2.75) is 12.5 Å². The van der Waals surface area contributed by atoms with E-state index in [2.05, 4.69) is 5.32 Å². The van der Waals surface area contributed by atoms with Crippen LogP contribution in [-0.4, -0.2) is 44.7 Å². The third-order valence-corrected chi connectivity index (χ3v) is 3.96. The lowest BCUT2D eigenvalue weighted by Crippen LogP contribution is -2.34. The zero-order valence-electron chi connectivity index (χ0n) is 14.0. The standard InChI is InChI=1S/C18H22N2O4/c1-20(2)14(15-5-3-8-22-15)12-19-18(21)13-6-7-16-17(11-13)24-10-4-9-23-16/h3,5-8,11,14H,4,9-10,12H2,1-2H3,(H,19,21). The molecule has 2 heterocycles. The molecular weight excluding hydrogens is 308 g/mol. The molecule has 1 amide bonds. The molecule has 1 unspecified atom stereocenters. The number of amides is 1. The first-order valence-corrected chi connectivity index (χ1v) is 8.03. The second-order valence-electron chi connectivity index (χ2n) is 5.92. The van der Waals surface area contributed by atoms with E-state index in [1.165, 1.54) is 0 Å². The Hall–Kier alpha value is -2.47. The Morgan fingerprint density at radius 1 is 1.21 bits per heavy atom. The van der Waals surface area contributed by atoms with Crippen LogP contribution in [0.3, 0.4) is 0 Å². The van der Waals surface area contributed by atoms with Gasteiger partial charge in [-0.25, -0.2) is 0 Å². The molecule has 24 heavy (non-hydrogen) atoms. The molecule has 1 aromatic heterocycles. The molecule has 1 aliphatic rings. The van der Waals surface area contributed by atoms with Gasteiger partial charge in [0.05, 0.1) is 25.5 Å². The molecule has 0 radical (unpaired) electrons. The first kappa shape index (κ1) is 16.4. The molecule has 0 bridgehead atoms. The molecular formula is C18H22N2O4. The summed E-state index contributed by atoms with van der Waals surface area (Å²) in [4.78, 5) is 14.5. The summed E-state index contributed by atoms with van der Waals surface area (Å²) in [5.41, 5.74) is 0.552. The second kappa shape index (κ2) is 7.40. The van der Waals surface area contributed by atoms with Crippen LogP contribution in [0.25, 0.3) is 0 Å². The Kier molecular flexibility index (Phi) is 5.05. The number of hydrogen-bond acceptors (Lipinski definition) is 5. The van der Waals surface area contributed by atoms with Crippen LogP contribution in [0.5, 0.6) is 11.5 Å². The minimum absolute atomic E-state index is 0.0237. The van der Waals surface area contributed by atoms with Crippen LogP contribution in [0.2, 0.25) is 0 Å². The van der Waals surface area contributed by atoms with Crippen molar-refractivity contribution in [3.8, 4) is 11.5 Å². The van der Waals surface area contributed by atoms with Gasteiger partial charge in [0.15, 0.2) is 11.5 Å². The number of rotatable bonds is 5. The molecule has 1 aliphatic heterocycles. The smallest absolute Gasteiger partial charge is 0.251 e. The predicted octanol–water partition coefficient (Wildman–Crippen LogP) is 2.47. The molecule has 1 aromatic carbocycles. The fourth-order valence-corrected chi connectivity index (χ4v) is 2.61. The number of carbonyl (C=O) groups is 1. The van der Waals surface area contributed by atoms with Crippen LogP contribution in [0.1, 0.15) is 28.6 Å². The Labute approximate surface area is 141 Å². The molecule has 6 heteroatoms. The molecule has 0 spiro atoms. The van der Waals surface area contributed by atoms with Gasteiger partial charge in [-0.05, 0) is 44.4 Å². The number of hydrogen-bond donors (Lipinski definition) is 1. The van der Waals surface area contributed by atoms with E-state index < -0.39 is 0 Å². The molecule has 0 saturated heterocycles. The molecule has 128 valence electrons. The highest BCUT2D eigenvalue weighted by Crippen LogP contribution is 2.30. The normalized spacial score (nSPS) is 15.0. The lowest BCUT2D eigenvalue weighted by atomic mass is 10.1. The van der Waals surface area contributed by atoms with Gasteiger partial charge in [-0.1, -0.05) is 0 Å². The van der Waals surface area contributed by atoms with Crippen molar-refractivity contribution in [3.63, 3.8) is 0 Å². The zero-order chi connectivity index (χ0) is 16.9. The van der Waals surface area contributed by atoms with E-state index in [1.807, 2.05) is 31.1 Å². The minimum atomic E-state index is -0.149. The summed E-state index contributed by atoms with van der Waals surface area (Å²) in [6.45, 7) is 1.68. The third-order valence-electron chi connectivity index (χ3n) is 3.96. The van der Waals surface area contributed by atoms with Gasteiger partial charge in [-0.3, -0.25) is 9.69 Å². The van der Waals surface area contributed by atoms with Crippen molar-refractivity contribution in [2.24, 2.45) is 0 Å². The molecule has 2 aromatic rings. The number of nitrogens with one attached hydrogen (secondary N) is 1. The maximum absolute atomic E-state index is 12.5. The lowest BCUT2D eigenvalue weighted by Gasteiger charge is -2.22. The molecule has 6 nitrogen and oxygen atoms in total. The van der Waals surface area contributed by atoms with E-state index in [-0.39, 0.29) is 11.9 Å². The van der Waals surface area contributed by atoms with Gasteiger partial charge in [0.25, 0.3) is 5.91 Å². The number of benzene rings is 1. The van der Waals surface area contributed by atoms with Crippen LogP contribution in [0.15, 0.2) is 41.0 Å². The van der Waals surface area contributed by atoms with Crippen LogP contribution < -0.4 is 14.8 Å². The number of nitrogens with zero attached hydrogens (tertiary/aromatic N) is 1. The topological polar surface area (TPSA) is 63.9 Å². The fourth-order valence-electron chi connectivity index (χ4n) is 2.61. The summed E-state index contributed by atoms with van der Waals surface area (Å²) in [7, 11) is 3.90. The van der Waals surface area contributed by atoms with E-state index in [1.54, 1.807) is 24.5 Å². The summed E-state index contributed by atoms with van der Waals surface area (Å²) < 4.78 is 16.7. The van der Waals surface area contributed by atoms with Crippen LogP contribution in [0.4, 0.5) is 0 Å². The largest absolute Gasteiger partial charge is 0.490 e. The highest BCUT2D eigenvalue weighted by Gasteiger charge is 2.19. The summed E-state index contributed by atoms with van der Waals surface area (Å²) in [5, 5.41) is 2.95. The summed E-state index contributed by atoms with van der Waals surface area (Å²) >= 11 is 0. The summed E-state index contributed by atoms with van der Waals surface area (Å²) in [5.74, 6) is 1.98. The van der Waals surface area contributed by atoms with Crippen LogP contribution >= 0.6 is 0 Å². The van der Waals surface area contributed by atoms with Crippen molar-refractivity contribution >= 4 is 5.91 Å². The molecule has 0 saturated carbocycles.